The topological polar surface area (TPSA) is 44.3 Å². The fraction of sp³-hybridized carbons (Fsp3) is 0.500. The average Bonchev–Trinajstić information content (AvgIpc) is 2.56. The number of likely N-dealkylation sites (N-methyl/N-ethyl adjacent to an activating group) is 1. The highest BCUT2D eigenvalue weighted by Gasteiger charge is 2.17. The zero-order valence-electron chi connectivity index (χ0n) is 16.0. The first kappa shape index (κ1) is 17.7. The van der Waals surface area contributed by atoms with Gasteiger partial charge in [-0.15, -0.1) is 0 Å². The van der Waals surface area contributed by atoms with Crippen molar-refractivity contribution in [2.24, 2.45) is 0 Å². The van der Waals surface area contributed by atoms with Crippen LogP contribution in [0.1, 0.15) is 36.6 Å². The monoisotopic (exact) mass is 339 g/mol. The number of nitrogens with zero attached hydrogens (tertiary/aromatic N) is 4. The molecule has 25 heavy (non-hydrogen) atoms. The normalized spacial score (nSPS) is 15.7. The number of hydrogen-bond donors (Lipinski definition) is 1. The van der Waals surface area contributed by atoms with Crippen LogP contribution in [0.5, 0.6) is 0 Å². The van der Waals surface area contributed by atoms with Crippen molar-refractivity contribution in [2.75, 3.05) is 43.4 Å². The maximum atomic E-state index is 4.80. The fourth-order valence-corrected chi connectivity index (χ4v) is 3.26. The molecule has 0 spiro atoms. The third-order valence-electron chi connectivity index (χ3n) is 4.83. The molecule has 0 unspecified atom stereocenters. The van der Waals surface area contributed by atoms with Gasteiger partial charge in [-0.3, -0.25) is 0 Å². The molecule has 2 heterocycles. The van der Waals surface area contributed by atoms with Crippen molar-refractivity contribution in [1.29, 1.82) is 0 Å². The van der Waals surface area contributed by atoms with Gasteiger partial charge in [0, 0.05) is 43.6 Å². The van der Waals surface area contributed by atoms with Crippen LogP contribution in [-0.2, 0) is 0 Å². The summed E-state index contributed by atoms with van der Waals surface area (Å²) in [5.41, 5.74) is 4.64. The first-order valence-corrected chi connectivity index (χ1v) is 9.09. The lowest BCUT2D eigenvalue weighted by molar-refractivity contribution is 0.312. The van der Waals surface area contributed by atoms with Gasteiger partial charge >= 0.3 is 0 Å². The third kappa shape index (κ3) is 4.10. The highest BCUT2D eigenvalue weighted by Crippen LogP contribution is 2.30. The molecular weight excluding hydrogens is 310 g/mol. The van der Waals surface area contributed by atoms with E-state index in [1.54, 1.807) is 0 Å². The fourth-order valence-electron chi connectivity index (χ4n) is 3.26. The Labute approximate surface area is 151 Å². The van der Waals surface area contributed by atoms with E-state index in [4.69, 9.17) is 4.98 Å². The van der Waals surface area contributed by atoms with Crippen LogP contribution < -0.4 is 10.2 Å². The van der Waals surface area contributed by atoms with E-state index in [9.17, 15) is 0 Å². The summed E-state index contributed by atoms with van der Waals surface area (Å²) in [5, 5.41) is 3.49. The summed E-state index contributed by atoms with van der Waals surface area (Å²) < 4.78 is 0. The van der Waals surface area contributed by atoms with E-state index < -0.39 is 0 Å². The summed E-state index contributed by atoms with van der Waals surface area (Å²) in [4.78, 5) is 14.1. The number of aryl methyl sites for hydroxylation is 2. The Hall–Kier alpha value is -2.14. The van der Waals surface area contributed by atoms with Gasteiger partial charge in [0.1, 0.15) is 5.82 Å². The lowest BCUT2D eigenvalue weighted by Crippen LogP contribution is -2.44. The number of nitrogens with one attached hydrogen (secondary N) is 1. The van der Waals surface area contributed by atoms with Gasteiger partial charge < -0.3 is 15.1 Å². The number of rotatable bonds is 4. The van der Waals surface area contributed by atoms with Gasteiger partial charge in [-0.1, -0.05) is 32.0 Å². The number of anilines is 3. The second kappa shape index (κ2) is 7.40. The van der Waals surface area contributed by atoms with Gasteiger partial charge in [0.15, 0.2) is 0 Å². The molecule has 2 aromatic rings. The molecule has 1 fully saturated rings. The number of para-hydroxylation sites is 1. The highest BCUT2D eigenvalue weighted by molar-refractivity contribution is 5.65. The molecule has 0 bridgehead atoms. The summed E-state index contributed by atoms with van der Waals surface area (Å²) in [5.74, 6) is 2.15. The van der Waals surface area contributed by atoms with Crippen LogP contribution in [0.3, 0.4) is 0 Å². The van der Waals surface area contributed by atoms with Crippen LogP contribution in [0.25, 0.3) is 0 Å². The van der Waals surface area contributed by atoms with Crippen LogP contribution in [0.2, 0.25) is 0 Å². The molecule has 0 atom stereocenters. The Balaban J connectivity index is 1.89. The third-order valence-corrected chi connectivity index (χ3v) is 4.83. The van der Waals surface area contributed by atoms with Gasteiger partial charge in [-0.2, -0.15) is 4.98 Å². The van der Waals surface area contributed by atoms with Crippen molar-refractivity contribution in [2.45, 2.75) is 33.6 Å². The lowest BCUT2D eigenvalue weighted by atomic mass is 9.98. The van der Waals surface area contributed by atoms with E-state index in [2.05, 4.69) is 72.2 Å². The van der Waals surface area contributed by atoms with Crippen LogP contribution in [0.15, 0.2) is 24.3 Å². The maximum Gasteiger partial charge on any atom is 0.229 e. The molecular formula is C20H29N5. The van der Waals surface area contributed by atoms with E-state index in [1.165, 1.54) is 11.1 Å². The Bertz CT molecular complexity index is 733. The van der Waals surface area contributed by atoms with Crippen molar-refractivity contribution in [3.63, 3.8) is 0 Å². The van der Waals surface area contributed by atoms with E-state index in [1.807, 2.05) is 6.92 Å². The highest BCUT2D eigenvalue weighted by atomic mass is 15.3. The Morgan fingerprint density at radius 2 is 1.76 bits per heavy atom. The first-order chi connectivity index (χ1) is 11.9. The molecule has 1 N–H and O–H groups in total. The summed E-state index contributed by atoms with van der Waals surface area (Å²) in [6.07, 6.45) is 0. The van der Waals surface area contributed by atoms with Crippen LogP contribution >= 0.6 is 0 Å². The Morgan fingerprint density at radius 3 is 2.44 bits per heavy atom. The van der Waals surface area contributed by atoms with Gasteiger partial charge in [0.25, 0.3) is 0 Å². The van der Waals surface area contributed by atoms with Gasteiger partial charge in [0.05, 0.1) is 0 Å². The molecule has 0 aliphatic carbocycles. The molecule has 0 radical (unpaired) electrons. The van der Waals surface area contributed by atoms with Gasteiger partial charge in [-0.25, -0.2) is 4.98 Å². The molecule has 0 saturated carbocycles. The van der Waals surface area contributed by atoms with Crippen molar-refractivity contribution in [1.82, 2.24) is 14.9 Å². The SMILES string of the molecule is Cc1cc(N2CCN(C)CC2)nc(Nc2c(C)cccc2C(C)C)n1. The van der Waals surface area contributed by atoms with Crippen molar-refractivity contribution >= 4 is 17.5 Å². The molecule has 1 aliphatic heterocycles. The van der Waals surface area contributed by atoms with E-state index in [-0.39, 0.29) is 0 Å². The molecule has 1 aromatic heterocycles. The molecule has 5 heteroatoms. The maximum absolute atomic E-state index is 4.80. The molecule has 1 aromatic carbocycles. The molecule has 134 valence electrons. The molecule has 0 amide bonds. The summed E-state index contributed by atoms with van der Waals surface area (Å²) >= 11 is 0. The van der Waals surface area contributed by atoms with E-state index in [0.29, 0.717) is 11.9 Å². The minimum absolute atomic E-state index is 0.448. The second-order valence-corrected chi connectivity index (χ2v) is 7.30. The van der Waals surface area contributed by atoms with Crippen LogP contribution in [0, 0.1) is 13.8 Å². The zero-order valence-corrected chi connectivity index (χ0v) is 16.0. The zero-order chi connectivity index (χ0) is 18.0. The van der Waals surface area contributed by atoms with Crippen molar-refractivity contribution < 1.29 is 0 Å². The summed E-state index contributed by atoms with van der Waals surface area (Å²) in [6, 6.07) is 8.50. The number of benzene rings is 1. The smallest absolute Gasteiger partial charge is 0.229 e. The van der Waals surface area contributed by atoms with Gasteiger partial charge in [-0.05, 0) is 37.9 Å². The Kier molecular flexibility index (Phi) is 5.23. The standard InChI is InChI=1S/C20H29N5/c1-14(2)17-8-6-7-15(3)19(17)23-20-21-16(4)13-18(22-20)25-11-9-24(5)10-12-25/h6-8,13-14H,9-12H2,1-5H3,(H,21,22,23). The molecule has 1 aliphatic rings. The van der Waals surface area contributed by atoms with Gasteiger partial charge in [0.2, 0.25) is 5.95 Å². The van der Waals surface area contributed by atoms with E-state index >= 15 is 0 Å². The quantitative estimate of drug-likeness (QED) is 0.920. The van der Waals surface area contributed by atoms with E-state index in [0.717, 1.165) is 43.4 Å². The minimum atomic E-state index is 0.448. The molecule has 5 nitrogen and oxygen atoms in total. The average molecular weight is 339 g/mol. The number of hydrogen-bond acceptors (Lipinski definition) is 5. The van der Waals surface area contributed by atoms with Crippen molar-refractivity contribution in [3.8, 4) is 0 Å². The van der Waals surface area contributed by atoms with Crippen LogP contribution in [0.4, 0.5) is 17.5 Å². The van der Waals surface area contributed by atoms with Crippen molar-refractivity contribution in [3.05, 3.63) is 41.1 Å². The van der Waals surface area contributed by atoms with Crippen LogP contribution in [-0.4, -0.2) is 48.1 Å². The number of aromatic nitrogens is 2. The first-order valence-electron chi connectivity index (χ1n) is 9.09. The predicted octanol–water partition coefficient (Wildman–Crippen LogP) is 3.71. The molecule has 3 rings (SSSR count). The Morgan fingerprint density at radius 1 is 1.04 bits per heavy atom. The largest absolute Gasteiger partial charge is 0.354 e. The summed E-state index contributed by atoms with van der Waals surface area (Å²) in [6.45, 7) is 12.8. The second-order valence-electron chi connectivity index (χ2n) is 7.30. The minimum Gasteiger partial charge on any atom is -0.354 e. The lowest BCUT2D eigenvalue weighted by Gasteiger charge is -2.33. The summed E-state index contributed by atoms with van der Waals surface area (Å²) in [7, 11) is 2.17. The number of piperazine rings is 1. The molecule has 1 saturated heterocycles. The predicted molar refractivity (Wildman–Crippen MR) is 105 cm³/mol.